The Morgan fingerprint density at radius 1 is 1.00 bits per heavy atom. The standard InChI is InChI=1S/C25H24ClN5O2S/c1-2-33-22-13-11-19(12-14-22)27-16-23-29-30-25(31(23)21-10-6-7-18(26)15-21)34-17-24(32)28-20-8-4-3-5-9-20/h3-15,27H,2,16-17H2,1H3,(H,28,32). The minimum absolute atomic E-state index is 0.120. The molecule has 3 aromatic carbocycles. The number of rotatable bonds is 10. The molecule has 0 aliphatic heterocycles. The highest BCUT2D eigenvalue weighted by atomic mass is 35.5. The van der Waals surface area contributed by atoms with Crippen LogP contribution in [0.15, 0.2) is 84.0 Å². The van der Waals surface area contributed by atoms with Gasteiger partial charge >= 0.3 is 0 Å². The molecule has 2 N–H and O–H groups in total. The zero-order chi connectivity index (χ0) is 23.8. The summed E-state index contributed by atoms with van der Waals surface area (Å²) >= 11 is 7.56. The van der Waals surface area contributed by atoms with Crippen molar-refractivity contribution in [2.75, 3.05) is 23.0 Å². The summed E-state index contributed by atoms with van der Waals surface area (Å²) < 4.78 is 7.41. The van der Waals surface area contributed by atoms with Crippen LogP contribution in [0, 0.1) is 0 Å². The van der Waals surface area contributed by atoms with Crippen molar-refractivity contribution in [1.82, 2.24) is 14.8 Å². The molecule has 0 saturated heterocycles. The van der Waals surface area contributed by atoms with Crippen molar-refractivity contribution >= 4 is 40.6 Å². The van der Waals surface area contributed by atoms with Crippen molar-refractivity contribution in [2.45, 2.75) is 18.6 Å². The van der Waals surface area contributed by atoms with Crippen LogP contribution in [0.5, 0.6) is 5.75 Å². The number of carbonyl (C=O) groups excluding carboxylic acids is 1. The number of hydrogen-bond acceptors (Lipinski definition) is 6. The quantitative estimate of drug-likeness (QED) is 0.277. The normalized spacial score (nSPS) is 10.6. The summed E-state index contributed by atoms with van der Waals surface area (Å²) in [4.78, 5) is 12.4. The molecule has 34 heavy (non-hydrogen) atoms. The third-order valence-electron chi connectivity index (χ3n) is 4.77. The summed E-state index contributed by atoms with van der Waals surface area (Å²) in [6.07, 6.45) is 0. The number of anilines is 2. The molecule has 0 saturated carbocycles. The fraction of sp³-hybridized carbons (Fsp3) is 0.160. The number of halogens is 1. The van der Waals surface area contributed by atoms with Crippen LogP contribution < -0.4 is 15.4 Å². The third-order valence-corrected chi connectivity index (χ3v) is 5.94. The Morgan fingerprint density at radius 2 is 1.79 bits per heavy atom. The smallest absolute Gasteiger partial charge is 0.234 e. The molecular formula is C25H24ClN5O2S. The van der Waals surface area contributed by atoms with Crippen LogP contribution in [0.3, 0.4) is 0 Å². The van der Waals surface area contributed by atoms with Gasteiger partial charge in [-0.25, -0.2) is 0 Å². The SMILES string of the molecule is CCOc1ccc(NCc2nnc(SCC(=O)Nc3ccccc3)n2-c2cccc(Cl)c2)cc1. The molecule has 0 radical (unpaired) electrons. The predicted molar refractivity (Wildman–Crippen MR) is 137 cm³/mol. The van der Waals surface area contributed by atoms with Gasteiger partial charge in [-0.15, -0.1) is 10.2 Å². The highest BCUT2D eigenvalue weighted by Crippen LogP contribution is 2.25. The van der Waals surface area contributed by atoms with E-state index in [0.29, 0.717) is 29.2 Å². The minimum atomic E-state index is -0.120. The maximum atomic E-state index is 12.4. The van der Waals surface area contributed by atoms with Gasteiger partial charge in [0.25, 0.3) is 0 Å². The largest absolute Gasteiger partial charge is 0.494 e. The number of benzene rings is 3. The van der Waals surface area contributed by atoms with Crippen molar-refractivity contribution < 1.29 is 9.53 Å². The van der Waals surface area contributed by atoms with Crippen LogP contribution in [0.2, 0.25) is 5.02 Å². The summed E-state index contributed by atoms with van der Waals surface area (Å²) in [7, 11) is 0. The van der Waals surface area contributed by atoms with E-state index in [2.05, 4.69) is 20.8 Å². The van der Waals surface area contributed by atoms with Crippen molar-refractivity contribution in [1.29, 1.82) is 0 Å². The highest BCUT2D eigenvalue weighted by molar-refractivity contribution is 7.99. The summed E-state index contributed by atoms with van der Waals surface area (Å²) in [5.74, 6) is 1.59. The maximum absolute atomic E-state index is 12.4. The van der Waals surface area contributed by atoms with E-state index in [1.165, 1.54) is 11.8 Å². The first-order valence-corrected chi connectivity index (χ1v) is 12.1. The number of amides is 1. The molecule has 0 aliphatic carbocycles. The van der Waals surface area contributed by atoms with Crippen molar-refractivity contribution in [3.8, 4) is 11.4 Å². The number of thioether (sulfide) groups is 1. The number of carbonyl (C=O) groups is 1. The van der Waals surface area contributed by atoms with Gasteiger partial charge in [-0.05, 0) is 61.5 Å². The lowest BCUT2D eigenvalue weighted by Gasteiger charge is -2.12. The predicted octanol–water partition coefficient (Wildman–Crippen LogP) is 5.66. The Kier molecular flexibility index (Phi) is 8.06. The van der Waals surface area contributed by atoms with Crippen molar-refractivity contribution in [2.24, 2.45) is 0 Å². The summed E-state index contributed by atoms with van der Waals surface area (Å²) in [6.45, 7) is 3.01. The first-order chi connectivity index (χ1) is 16.6. The zero-order valence-electron chi connectivity index (χ0n) is 18.6. The molecule has 0 fully saturated rings. The second-order valence-electron chi connectivity index (χ2n) is 7.23. The average Bonchev–Trinajstić information content (AvgIpc) is 3.26. The molecule has 4 aromatic rings. The minimum Gasteiger partial charge on any atom is -0.494 e. The van der Waals surface area contributed by atoms with E-state index >= 15 is 0 Å². The van der Waals surface area contributed by atoms with Crippen LogP contribution in [-0.4, -0.2) is 33.0 Å². The van der Waals surface area contributed by atoms with Gasteiger partial charge < -0.3 is 15.4 Å². The van der Waals surface area contributed by atoms with E-state index in [4.69, 9.17) is 16.3 Å². The summed E-state index contributed by atoms with van der Waals surface area (Å²) in [5.41, 5.74) is 2.51. The zero-order valence-corrected chi connectivity index (χ0v) is 20.1. The van der Waals surface area contributed by atoms with E-state index in [1.54, 1.807) is 0 Å². The number of hydrogen-bond donors (Lipinski definition) is 2. The van der Waals surface area contributed by atoms with Gasteiger partial charge in [-0.1, -0.05) is 47.6 Å². The average molecular weight is 494 g/mol. The van der Waals surface area contributed by atoms with E-state index in [0.717, 1.165) is 22.8 Å². The summed E-state index contributed by atoms with van der Waals surface area (Å²) in [6, 6.07) is 24.6. The van der Waals surface area contributed by atoms with Gasteiger partial charge in [0.1, 0.15) is 5.75 Å². The molecular weight excluding hydrogens is 470 g/mol. The molecule has 1 heterocycles. The molecule has 0 spiro atoms. The first-order valence-electron chi connectivity index (χ1n) is 10.8. The molecule has 1 aromatic heterocycles. The van der Waals surface area contributed by atoms with Crippen molar-refractivity contribution in [3.63, 3.8) is 0 Å². The van der Waals surface area contributed by atoms with Gasteiger partial charge in [0.15, 0.2) is 11.0 Å². The van der Waals surface area contributed by atoms with Gasteiger partial charge in [0.05, 0.1) is 24.6 Å². The van der Waals surface area contributed by atoms with E-state index in [1.807, 2.05) is 90.4 Å². The molecule has 9 heteroatoms. The number of para-hydroxylation sites is 1. The highest BCUT2D eigenvalue weighted by Gasteiger charge is 2.16. The van der Waals surface area contributed by atoms with E-state index in [-0.39, 0.29) is 11.7 Å². The lowest BCUT2D eigenvalue weighted by atomic mass is 10.3. The lowest BCUT2D eigenvalue weighted by Crippen LogP contribution is -2.14. The molecule has 0 aliphatic rings. The number of nitrogens with zero attached hydrogens (tertiary/aromatic N) is 3. The van der Waals surface area contributed by atoms with Crippen LogP contribution in [0.4, 0.5) is 11.4 Å². The Balaban J connectivity index is 1.49. The second kappa shape index (κ2) is 11.6. The van der Waals surface area contributed by atoms with Gasteiger partial charge in [-0.2, -0.15) is 0 Å². The third kappa shape index (κ3) is 6.30. The summed E-state index contributed by atoms with van der Waals surface area (Å²) in [5, 5.41) is 16.2. The Labute approximate surface area is 207 Å². The monoisotopic (exact) mass is 493 g/mol. The van der Waals surface area contributed by atoms with Gasteiger partial charge in [-0.3, -0.25) is 9.36 Å². The van der Waals surface area contributed by atoms with Crippen LogP contribution in [-0.2, 0) is 11.3 Å². The fourth-order valence-electron chi connectivity index (χ4n) is 3.25. The van der Waals surface area contributed by atoms with Gasteiger partial charge in [0, 0.05) is 16.4 Å². The van der Waals surface area contributed by atoms with Crippen LogP contribution >= 0.6 is 23.4 Å². The molecule has 4 rings (SSSR count). The van der Waals surface area contributed by atoms with Gasteiger partial charge in [0.2, 0.25) is 5.91 Å². The molecule has 0 atom stereocenters. The first kappa shape index (κ1) is 23.7. The number of aromatic nitrogens is 3. The molecule has 0 bridgehead atoms. The lowest BCUT2D eigenvalue weighted by molar-refractivity contribution is -0.113. The number of nitrogens with one attached hydrogen (secondary N) is 2. The Morgan fingerprint density at radius 3 is 2.53 bits per heavy atom. The molecule has 1 amide bonds. The fourth-order valence-corrected chi connectivity index (χ4v) is 4.20. The maximum Gasteiger partial charge on any atom is 0.234 e. The number of ether oxygens (including phenoxy) is 1. The molecule has 7 nitrogen and oxygen atoms in total. The van der Waals surface area contributed by atoms with Crippen LogP contribution in [0.1, 0.15) is 12.7 Å². The Bertz CT molecular complexity index is 1230. The molecule has 174 valence electrons. The van der Waals surface area contributed by atoms with Crippen molar-refractivity contribution in [3.05, 3.63) is 89.7 Å². The molecule has 0 unspecified atom stereocenters. The van der Waals surface area contributed by atoms with Crippen LogP contribution in [0.25, 0.3) is 5.69 Å². The topological polar surface area (TPSA) is 81.1 Å². The second-order valence-corrected chi connectivity index (χ2v) is 8.61. The Hall–Kier alpha value is -3.49. The van der Waals surface area contributed by atoms with E-state index < -0.39 is 0 Å². The van der Waals surface area contributed by atoms with E-state index in [9.17, 15) is 4.79 Å².